The van der Waals surface area contributed by atoms with E-state index in [0.717, 1.165) is 61.4 Å². The Hall–Kier alpha value is -2.81. The molecule has 3 aromatic rings. The lowest BCUT2D eigenvalue weighted by molar-refractivity contribution is 0.276. The predicted octanol–water partition coefficient (Wildman–Crippen LogP) is 1.23. The van der Waals surface area contributed by atoms with Crippen molar-refractivity contribution < 1.29 is 4.63 Å². The van der Waals surface area contributed by atoms with E-state index in [0.29, 0.717) is 11.8 Å². The molecular weight excluding hydrogens is 344 g/mol. The minimum Gasteiger partial charge on any atom is -0.356 e. The van der Waals surface area contributed by atoms with Gasteiger partial charge in [-0.25, -0.2) is 19.3 Å². The highest BCUT2D eigenvalue weighted by molar-refractivity contribution is 5.45. The molecule has 2 unspecified atom stereocenters. The third-order valence-electron chi connectivity index (χ3n) is 5.54. The first kappa shape index (κ1) is 16.4. The number of likely N-dealkylation sites (tertiary alicyclic amines) is 1. The highest BCUT2D eigenvalue weighted by Crippen LogP contribution is 2.34. The molecule has 2 aliphatic rings. The maximum Gasteiger partial charge on any atom is 0.159 e. The molecular formula is C18H22N8O. The second kappa shape index (κ2) is 6.41. The SMILES string of the molecule is Cc1cc(C)n(-c2cc(N3CC4CN(Cc5cnon5)CC4C3)ncn2)n1. The standard InChI is InChI=1S/C18H22N8O/c1-12-3-13(2)26(22-12)18-4-17(19-11-20-18)25-8-14-6-24(7-15(14)9-25)10-16-5-21-27-23-16/h3-5,11,14-15H,6-10H2,1-2H3. The average molecular weight is 366 g/mol. The number of aryl methyl sites for hydroxylation is 2. The van der Waals surface area contributed by atoms with Crippen LogP contribution in [0.3, 0.4) is 0 Å². The Bertz CT molecular complexity index is 923. The number of hydrogen-bond donors (Lipinski definition) is 0. The molecule has 0 N–H and O–H groups in total. The minimum atomic E-state index is 0.650. The second-order valence-electron chi connectivity index (χ2n) is 7.59. The summed E-state index contributed by atoms with van der Waals surface area (Å²) < 4.78 is 6.58. The van der Waals surface area contributed by atoms with Gasteiger partial charge >= 0.3 is 0 Å². The first-order valence-corrected chi connectivity index (χ1v) is 9.25. The molecule has 0 radical (unpaired) electrons. The number of anilines is 1. The van der Waals surface area contributed by atoms with Crippen LogP contribution in [0.2, 0.25) is 0 Å². The highest BCUT2D eigenvalue weighted by atomic mass is 16.6. The van der Waals surface area contributed by atoms with Crippen LogP contribution < -0.4 is 4.90 Å². The molecule has 5 rings (SSSR count). The topological polar surface area (TPSA) is 89.0 Å². The molecule has 2 aliphatic heterocycles. The zero-order valence-corrected chi connectivity index (χ0v) is 15.5. The second-order valence-corrected chi connectivity index (χ2v) is 7.59. The van der Waals surface area contributed by atoms with Crippen molar-refractivity contribution in [3.05, 3.63) is 41.7 Å². The van der Waals surface area contributed by atoms with E-state index >= 15 is 0 Å². The van der Waals surface area contributed by atoms with Gasteiger partial charge in [0.15, 0.2) is 5.82 Å². The van der Waals surface area contributed by atoms with Crippen molar-refractivity contribution in [2.45, 2.75) is 20.4 Å². The summed E-state index contributed by atoms with van der Waals surface area (Å²) in [5.74, 6) is 3.10. The number of nitrogens with zero attached hydrogens (tertiary/aromatic N) is 8. The van der Waals surface area contributed by atoms with Crippen molar-refractivity contribution in [1.82, 2.24) is 35.0 Å². The van der Waals surface area contributed by atoms with Gasteiger partial charge in [0.1, 0.15) is 17.8 Å². The molecule has 2 atom stereocenters. The quantitative estimate of drug-likeness (QED) is 0.681. The largest absolute Gasteiger partial charge is 0.356 e. The van der Waals surface area contributed by atoms with E-state index in [4.69, 9.17) is 4.63 Å². The van der Waals surface area contributed by atoms with Crippen LogP contribution in [0.1, 0.15) is 17.1 Å². The van der Waals surface area contributed by atoms with Gasteiger partial charge in [0, 0.05) is 44.5 Å². The Morgan fingerprint density at radius 1 is 1.04 bits per heavy atom. The summed E-state index contributed by atoms with van der Waals surface area (Å²) in [6.07, 6.45) is 3.33. The van der Waals surface area contributed by atoms with E-state index in [1.165, 1.54) is 0 Å². The van der Waals surface area contributed by atoms with Gasteiger partial charge in [-0.3, -0.25) is 4.90 Å². The van der Waals surface area contributed by atoms with Crippen LogP contribution in [-0.4, -0.2) is 61.1 Å². The molecule has 0 amide bonds. The molecule has 2 fully saturated rings. The van der Waals surface area contributed by atoms with E-state index in [1.54, 1.807) is 12.5 Å². The lowest BCUT2D eigenvalue weighted by Crippen LogP contribution is -2.29. The Kier molecular flexibility index (Phi) is 3.89. The van der Waals surface area contributed by atoms with Gasteiger partial charge in [-0.2, -0.15) is 5.10 Å². The normalized spacial score (nSPS) is 22.5. The molecule has 0 bridgehead atoms. The summed E-state index contributed by atoms with van der Waals surface area (Å²) in [5, 5.41) is 12.1. The number of rotatable bonds is 4. The van der Waals surface area contributed by atoms with Crippen molar-refractivity contribution in [2.24, 2.45) is 11.8 Å². The van der Waals surface area contributed by atoms with Gasteiger partial charge < -0.3 is 4.90 Å². The van der Waals surface area contributed by atoms with E-state index < -0.39 is 0 Å². The lowest BCUT2D eigenvalue weighted by Gasteiger charge is -2.21. The average Bonchev–Trinajstić information content (AvgIpc) is 3.40. The molecule has 5 heterocycles. The third-order valence-corrected chi connectivity index (χ3v) is 5.54. The Labute approximate surface area is 157 Å². The van der Waals surface area contributed by atoms with Crippen molar-refractivity contribution in [2.75, 3.05) is 31.1 Å². The van der Waals surface area contributed by atoms with Crippen molar-refractivity contribution in [3.8, 4) is 5.82 Å². The molecule has 3 aromatic heterocycles. The molecule has 2 saturated heterocycles. The number of aromatic nitrogens is 6. The molecule has 9 heteroatoms. The minimum absolute atomic E-state index is 0.650. The summed E-state index contributed by atoms with van der Waals surface area (Å²) >= 11 is 0. The van der Waals surface area contributed by atoms with Crippen molar-refractivity contribution >= 4 is 5.82 Å². The fraction of sp³-hybridized carbons (Fsp3) is 0.500. The monoisotopic (exact) mass is 366 g/mol. The molecule has 140 valence electrons. The smallest absolute Gasteiger partial charge is 0.159 e. The summed E-state index contributed by atoms with van der Waals surface area (Å²) in [7, 11) is 0. The van der Waals surface area contributed by atoms with Crippen LogP contribution in [0, 0.1) is 25.7 Å². The van der Waals surface area contributed by atoms with Gasteiger partial charge in [0.25, 0.3) is 0 Å². The predicted molar refractivity (Wildman–Crippen MR) is 97.4 cm³/mol. The zero-order valence-electron chi connectivity index (χ0n) is 15.5. The van der Waals surface area contributed by atoms with Crippen LogP contribution in [-0.2, 0) is 6.54 Å². The maximum absolute atomic E-state index is 4.70. The molecule has 27 heavy (non-hydrogen) atoms. The van der Waals surface area contributed by atoms with Gasteiger partial charge in [-0.15, -0.1) is 0 Å². The van der Waals surface area contributed by atoms with Crippen molar-refractivity contribution in [3.63, 3.8) is 0 Å². The molecule has 9 nitrogen and oxygen atoms in total. The molecule has 0 spiro atoms. The van der Waals surface area contributed by atoms with Gasteiger partial charge in [0.05, 0.1) is 11.9 Å². The van der Waals surface area contributed by atoms with E-state index in [9.17, 15) is 0 Å². The maximum atomic E-state index is 4.70. The molecule has 0 aromatic carbocycles. The van der Waals surface area contributed by atoms with Gasteiger partial charge in [0.2, 0.25) is 0 Å². The number of hydrogen-bond acceptors (Lipinski definition) is 8. The summed E-state index contributed by atoms with van der Waals surface area (Å²) in [6.45, 7) is 9.03. The summed E-state index contributed by atoms with van der Waals surface area (Å²) in [4.78, 5) is 13.7. The van der Waals surface area contributed by atoms with Crippen LogP contribution in [0.5, 0.6) is 0 Å². The first-order valence-electron chi connectivity index (χ1n) is 9.25. The first-order chi connectivity index (χ1) is 13.2. The van der Waals surface area contributed by atoms with Crippen LogP contribution >= 0.6 is 0 Å². The summed E-state index contributed by atoms with van der Waals surface area (Å²) in [6, 6.07) is 4.10. The van der Waals surface area contributed by atoms with Crippen LogP contribution in [0.4, 0.5) is 5.82 Å². The fourth-order valence-corrected chi connectivity index (χ4v) is 4.38. The van der Waals surface area contributed by atoms with E-state index in [2.05, 4.69) is 41.2 Å². The van der Waals surface area contributed by atoms with Crippen LogP contribution in [0.25, 0.3) is 5.82 Å². The lowest BCUT2D eigenvalue weighted by atomic mass is 10.0. The molecule has 0 aliphatic carbocycles. The Balaban J connectivity index is 1.28. The fourth-order valence-electron chi connectivity index (χ4n) is 4.38. The van der Waals surface area contributed by atoms with Crippen LogP contribution in [0.15, 0.2) is 29.3 Å². The summed E-state index contributed by atoms with van der Waals surface area (Å²) in [5.41, 5.74) is 2.97. The number of fused-ring (bicyclic) bond motifs is 1. The van der Waals surface area contributed by atoms with Gasteiger partial charge in [-0.05, 0) is 31.7 Å². The Morgan fingerprint density at radius 2 is 1.81 bits per heavy atom. The van der Waals surface area contributed by atoms with E-state index in [-0.39, 0.29) is 0 Å². The zero-order chi connectivity index (χ0) is 18.4. The highest BCUT2D eigenvalue weighted by Gasteiger charge is 2.40. The van der Waals surface area contributed by atoms with Gasteiger partial charge in [-0.1, -0.05) is 10.3 Å². The van der Waals surface area contributed by atoms with E-state index in [1.807, 2.05) is 24.6 Å². The molecule has 0 saturated carbocycles. The Morgan fingerprint density at radius 3 is 2.48 bits per heavy atom. The van der Waals surface area contributed by atoms with Crippen molar-refractivity contribution in [1.29, 1.82) is 0 Å². The third kappa shape index (κ3) is 3.08.